The lowest BCUT2D eigenvalue weighted by molar-refractivity contribution is 0.198. The predicted octanol–water partition coefficient (Wildman–Crippen LogP) is 3.74. The molecule has 0 saturated carbocycles. The number of nitrogens with zero attached hydrogens (tertiary/aromatic N) is 2. The average molecular weight is 351 g/mol. The molecular weight excluding hydrogens is 332 g/mol. The second kappa shape index (κ2) is 7.95. The predicted molar refractivity (Wildman–Crippen MR) is 89.2 cm³/mol. The zero-order chi connectivity index (χ0) is 15.1. The summed E-state index contributed by atoms with van der Waals surface area (Å²) in [5, 5.41) is 6.52. The van der Waals surface area contributed by atoms with Crippen molar-refractivity contribution in [1.82, 2.24) is 9.97 Å². The smallest absolute Gasteiger partial charge is 0.135 e. The van der Waals surface area contributed by atoms with Crippen LogP contribution in [0.3, 0.4) is 0 Å². The van der Waals surface area contributed by atoms with Crippen LogP contribution >= 0.6 is 15.9 Å². The van der Waals surface area contributed by atoms with Crippen LogP contribution in [0.4, 0.5) is 17.3 Å². The van der Waals surface area contributed by atoms with Gasteiger partial charge in [-0.05, 0) is 37.1 Å². The molecule has 0 amide bonds. The third kappa shape index (κ3) is 4.99. The summed E-state index contributed by atoms with van der Waals surface area (Å²) < 4.78 is 6.11. The SMILES string of the molecule is COCCCNc1cc(Nc2ccc(Br)c(C)c2)ncn1. The highest BCUT2D eigenvalue weighted by Crippen LogP contribution is 2.22. The Kier molecular flexibility index (Phi) is 5.95. The van der Waals surface area contributed by atoms with Crippen LogP contribution in [-0.4, -0.2) is 30.2 Å². The molecule has 0 spiro atoms. The Morgan fingerprint density at radius 1 is 1.19 bits per heavy atom. The van der Waals surface area contributed by atoms with Crippen molar-refractivity contribution >= 4 is 33.3 Å². The molecule has 1 aromatic carbocycles. The number of anilines is 3. The monoisotopic (exact) mass is 350 g/mol. The van der Waals surface area contributed by atoms with Gasteiger partial charge in [0.05, 0.1) is 0 Å². The molecule has 6 heteroatoms. The number of hydrogen-bond donors (Lipinski definition) is 2. The van der Waals surface area contributed by atoms with Crippen molar-refractivity contribution in [3.63, 3.8) is 0 Å². The Balaban J connectivity index is 1.98. The van der Waals surface area contributed by atoms with E-state index in [4.69, 9.17) is 4.74 Å². The van der Waals surface area contributed by atoms with Crippen LogP contribution in [0.25, 0.3) is 0 Å². The van der Waals surface area contributed by atoms with Gasteiger partial charge in [0.1, 0.15) is 18.0 Å². The molecule has 2 aromatic rings. The van der Waals surface area contributed by atoms with Crippen molar-refractivity contribution in [2.24, 2.45) is 0 Å². The zero-order valence-corrected chi connectivity index (χ0v) is 13.8. The number of methoxy groups -OCH3 is 1. The van der Waals surface area contributed by atoms with E-state index in [-0.39, 0.29) is 0 Å². The molecule has 1 aromatic heterocycles. The Labute approximate surface area is 133 Å². The zero-order valence-electron chi connectivity index (χ0n) is 12.2. The molecule has 0 bridgehead atoms. The van der Waals surface area contributed by atoms with Crippen LogP contribution in [-0.2, 0) is 4.74 Å². The molecule has 112 valence electrons. The standard InChI is InChI=1S/C15H19BrN4O/c1-11-8-12(4-5-13(11)16)20-15-9-14(18-10-19-15)17-6-3-7-21-2/h4-5,8-10H,3,6-7H2,1-2H3,(H2,17,18,19,20). The van der Waals surface area contributed by atoms with E-state index >= 15 is 0 Å². The first-order valence-electron chi connectivity index (χ1n) is 6.77. The number of hydrogen-bond acceptors (Lipinski definition) is 5. The molecule has 21 heavy (non-hydrogen) atoms. The van der Waals surface area contributed by atoms with Gasteiger partial charge in [0.2, 0.25) is 0 Å². The summed E-state index contributed by atoms with van der Waals surface area (Å²) in [7, 11) is 1.70. The van der Waals surface area contributed by atoms with E-state index in [0.29, 0.717) is 0 Å². The Morgan fingerprint density at radius 2 is 2.00 bits per heavy atom. The van der Waals surface area contributed by atoms with Crippen LogP contribution in [0.15, 0.2) is 35.1 Å². The number of nitrogens with one attached hydrogen (secondary N) is 2. The molecule has 0 aliphatic carbocycles. The quantitative estimate of drug-likeness (QED) is 0.745. The van der Waals surface area contributed by atoms with E-state index in [2.05, 4.69) is 49.5 Å². The van der Waals surface area contributed by atoms with E-state index < -0.39 is 0 Å². The normalized spacial score (nSPS) is 10.4. The maximum atomic E-state index is 5.01. The van der Waals surface area contributed by atoms with E-state index in [1.54, 1.807) is 13.4 Å². The van der Waals surface area contributed by atoms with Gasteiger partial charge in [0, 0.05) is 36.5 Å². The van der Waals surface area contributed by atoms with E-state index in [0.717, 1.165) is 41.4 Å². The lowest BCUT2D eigenvalue weighted by Gasteiger charge is -2.09. The van der Waals surface area contributed by atoms with Gasteiger partial charge in [0.25, 0.3) is 0 Å². The topological polar surface area (TPSA) is 59.1 Å². The van der Waals surface area contributed by atoms with E-state index in [9.17, 15) is 0 Å². The van der Waals surface area contributed by atoms with Crippen molar-refractivity contribution in [3.05, 3.63) is 40.6 Å². The van der Waals surface area contributed by atoms with Crippen molar-refractivity contribution in [3.8, 4) is 0 Å². The first kappa shape index (κ1) is 15.7. The maximum absolute atomic E-state index is 5.01. The summed E-state index contributed by atoms with van der Waals surface area (Å²) in [4.78, 5) is 8.43. The average Bonchev–Trinajstić information content (AvgIpc) is 2.48. The maximum Gasteiger partial charge on any atom is 0.135 e. The third-order valence-electron chi connectivity index (χ3n) is 2.93. The minimum atomic E-state index is 0.737. The number of benzene rings is 1. The minimum Gasteiger partial charge on any atom is -0.385 e. The largest absolute Gasteiger partial charge is 0.385 e. The summed E-state index contributed by atoms with van der Waals surface area (Å²) in [6, 6.07) is 7.98. The lowest BCUT2D eigenvalue weighted by Crippen LogP contribution is -2.06. The Bertz CT molecular complexity index is 592. The molecule has 2 N–H and O–H groups in total. The number of rotatable bonds is 7. The minimum absolute atomic E-state index is 0.737. The van der Waals surface area contributed by atoms with Crippen molar-refractivity contribution < 1.29 is 4.74 Å². The Morgan fingerprint density at radius 3 is 2.76 bits per heavy atom. The lowest BCUT2D eigenvalue weighted by atomic mass is 10.2. The fraction of sp³-hybridized carbons (Fsp3) is 0.333. The summed E-state index contributed by atoms with van der Waals surface area (Å²) in [5.74, 6) is 1.57. The highest BCUT2D eigenvalue weighted by Gasteiger charge is 2.01. The van der Waals surface area contributed by atoms with Crippen LogP contribution in [0.1, 0.15) is 12.0 Å². The fourth-order valence-corrected chi connectivity index (χ4v) is 2.07. The van der Waals surface area contributed by atoms with E-state index in [1.165, 1.54) is 5.56 Å². The molecule has 0 unspecified atom stereocenters. The molecule has 0 atom stereocenters. The summed E-state index contributed by atoms with van der Waals surface area (Å²) in [6.07, 6.45) is 2.49. The molecule has 0 saturated heterocycles. The Hall–Kier alpha value is -1.66. The summed E-state index contributed by atoms with van der Waals surface area (Å²) >= 11 is 3.49. The van der Waals surface area contributed by atoms with Crippen molar-refractivity contribution in [2.75, 3.05) is 30.9 Å². The molecule has 0 aliphatic rings. The van der Waals surface area contributed by atoms with Crippen molar-refractivity contribution in [1.29, 1.82) is 0 Å². The van der Waals surface area contributed by atoms with Crippen LogP contribution in [0.2, 0.25) is 0 Å². The number of halogens is 1. The number of ether oxygens (including phenoxy) is 1. The van der Waals surface area contributed by atoms with Crippen LogP contribution in [0.5, 0.6) is 0 Å². The van der Waals surface area contributed by atoms with Gasteiger partial charge in [0.15, 0.2) is 0 Å². The molecule has 2 rings (SSSR count). The van der Waals surface area contributed by atoms with Gasteiger partial charge in [-0.15, -0.1) is 0 Å². The first-order valence-corrected chi connectivity index (χ1v) is 7.56. The second-order valence-electron chi connectivity index (χ2n) is 4.65. The van der Waals surface area contributed by atoms with Gasteiger partial charge in [-0.2, -0.15) is 0 Å². The first-order chi connectivity index (χ1) is 10.2. The molecular formula is C15H19BrN4O. The third-order valence-corrected chi connectivity index (χ3v) is 3.82. The second-order valence-corrected chi connectivity index (χ2v) is 5.50. The van der Waals surface area contributed by atoms with Gasteiger partial charge in [-0.3, -0.25) is 0 Å². The number of aryl methyl sites for hydroxylation is 1. The summed E-state index contributed by atoms with van der Waals surface area (Å²) in [6.45, 7) is 3.61. The molecule has 5 nitrogen and oxygen atoms in total. The van der Waals surface area contributed by atoms with Crippen LogP contribution < -0.4 is 10.6 Å². The molecule has 0 aliphatic heterocycles. The number of aromatic nitrogens is 2. The fourth-order valence-electron chi connectivity index (χ4n) is 1.83. The molecule has 1 heterocycles. The van der Waals surface area contributed by atoms with Gasteiger partial charge < -0.3 is 15.4 Å². The highest BCUT2D eigenvalue weighted by molar-refractivity contribution is 9.10. The van der Waals surface area contributed by atoms with E-state index in [1.807, 2.05) is 18.2 Å². The highest BCUT2D eigenvalue weighted by atomic mass is 79.9. The summed E-state index contributed by atoms with van der Waals surface area (Å²) in [5.41, 5.74) is 2.17. The molecule has 0 fully saturated rings. The van der Waals surface area contributed by atoms with Gasteiger partial charge in [-0.1, -0.05) is 15.9 Å². The van der Waals surface area contributed by atoms with Gasteiger partial charge in [-0.25, -0.2) is 9.97 Å². The van der Waals surface area contributed by atoms with Crippen LogP contribution in [0, 0.1) is 6.92 Å². The molecule has 0 radical (unpaired) electrons. The van der Waals surface area contributed by atoms with Gasteiger partial charge >= 0.3 is 0 Å². The van der Waals surface area contributed by atoms with Crippen molar-refractivity contribution in [2.45, 2.75) is 13.3 Å².